The molecule has 3 rings (SSSR count). The number of hydrogen-bond donors (Lipinski definition) is 3. The minimum absolute atomic E-state index is 0.0400. The summed E-state index contributed by atoms with van der Waals surface area (Å²) >= 11 is 1.43. The van der Waals surface area contributed by atoms with E-state index in [2.05, 4.69) is 25.9 Å². The summed E-state index contributed by atoms with van der Waals surface area (Å²) in [6.45, 7) is 5.38. The number of halogens is 1. The highest BCUT2D eigenvalue weighted by Crippen LogP contribution is 2.20. The van der Waals surface area contributed by atoms with Crippen LogP contribution < -0.4 is 20.9 Å². The maximum atomic E-state index is 13.9. The second-order valence-corrected chi connectivity index (χ2v) is 7.68. The molecule has 9 heteroatoms. The summed E-state index contributed by atoms with van der Waals surface area (Å²) < 4.78 is 13.9. The lowest BCUT2D eigenvalue weighted by Gasteiger charge is -2.20. The van der Waals surface area contributed by atoms with Crippen molar-refractivity contribution in [1.29, 1.82) is 0 Å². The molecule has 0 saturated carbocycles. The summed E-state index contributed by atoms with van der Waals surface area (Å²) in [6, 6.07) is 6.89. The second kappa shape index (κ2) is 10.8. The Labute approximate surface area is 174 Å². The minimum atomic E-state index is -0.293. The number of nitrogens with one attached hydrogen (secondary N) is 3. The maximum absolute atomic E-state index is 13.9. The smallest absolute Gasteiger partial charge is 0.261 e. The molecule has 7 nitrogen and oxygen atoms in total. The molecule has 0 bridgehead atoms. The zero-order valence-corrected chi connectivity index (χ0v) is 17.3. The third kappa shape index (κ3) is 6.15. The highest BCUT2D eigenvalue weighted by atomic mass is 32.1. The molecule has 0 radical (unpaired) electrons. The first-order chi connectivity index (χ1) is 14.2. The summed E-state index contributed by atoms with van der Waals surface area (Å²) in [5.74, 6) is 0.811. The number of hydrogen-bond acceptors (Lipinski definition) is 5. The van der Waals surface area contributed by atoms with Crippen LogP contribution in [0, 0.1) is 5.82 Å². The Morgan fingerprint density at radius 1 is 1.38 bits per heavy atom. The van der Waals surface area contributed by atoms with Gasteiger partial charge in [0.25, 0.3) is 5.91 Å². The second-order valence-electron chi connectivity index (χ2n) is 6.73. The lowest BCUT2D eigenvalue weighted by Crippen LogP contribution is -2.44. The Kier molecular flexibility index (Phi) is 7.80. The van der Waals surface area contributed by atoms with Crippen molar-refractivity contribution in [2.75, 3.05) is 37.6 Å². The van der Waals surface area contributed by atoms with Gasteiger partial charge in [-0.15, -0.1) is 11.3 Å². The number of rotatable bonds is 8. The van der Waals surface area contributed by atoms with Crippen molar-refractivity contribution >= 4 is 29.0 Å². The predicted molar refractivity (Wildman–Crippen MR) is 115 cm³/mol. The zero-order valence-electron chi connectivity index (χ0n) is 16.5. The van der Waals surface area contributed by atoms with Crippen LogP contribution in [0.25, 0.3) is 0 Å². The van der Waals surface area contributed by atoms with Crippen LogP contribution in [-0.2, 0) is 0 Å². The maximum Gasteiger partial charge on any atom is 0.261 e. The first-order valence-electron chi connectivity index (χ1n) is 9.89. The van der Waals surface area contributed by atoms with Gasteiger partial charge in [-0.25, -0.2) is 9.37 Å². The number of carbonyl (C=O) groups excluding carboxylic acids is 1. The molecule has 1 aliphatic heterocycles. The number of guanidine groups is 1. The summed E-state index contributed by atoms with van der Waals surface area (Å²) in [5.41, 5.74) is 0. The fourth-order valence-electron chi connectivity index (χ4n) is 3.16. The van der Waals surface area contributed by atoms with Crippen LogP contribution in [0.3, 0.4) is 0 Å². The van der Waals surface area contributed by atoms with Gasteiger partial charge in [0.15, 0.2) is 17.6 Å². The number of aromatic nitrogens is 1. The average Bonchev–Trinajstić information content (AvgIpc) is 3.40. The number of nitrogens with zero attached hydrogens (tertiary/aromatic N) is 3. The lowest BCUT2D eigenvalue weighted by atomic mass is 10.3. The summed E-state index contributed by atoms with van der Waals surface area (Å²) in [7, 11) is 0. The van der Waals surface area contributed by atoms with Gasteiger partial charge in [0.2, 0.25) is 0 Å². The number of aliphatic imine (C=N–C) groups is 1. The first-order valence-corrected chi connectivity index (χ1v) is 10.8. The molecular weight excluding hydrogens is 391 g/mol. The van der Waals surface area contributed by atoms with E-state index < -0.39 is 0 Å². The Hall–Kier alpha value is -2.68. The van der Waals surface area contributed by atoms with E-state index in [0.29, 0.717) is 25.5 Å². The standard InChI is InChI=1S/C20H27FN6OS/c1-2-22-20(25-11-5-10-24-19(28)17-7-4-13-29-17)26-15-8-12-27(14-15)18-16(21)6-3-9-23-18/h3-4,6-7,9,13,15H,2,5,8,10-12,14H2,1H3,(H,24,28)(H2,22,25,26). The topological polar surface area (TPSA) is 81.6 Å². The van der Waals surface area contributed by atoms with E-state index in [1.54, 1.807) is 12.3 Å². The molecule has 2 aromatic heterocycles. The normalized spacial score (nSPS) is 16.7. The van der Waals surface area contributed by atoms with E-state index in [9.17, 15) is 9.18 Å². The molecular formula is C20H27FN6OS. The number of thiophene rings is 1. The molecule has 0 aliphatic carbocycles. The van der Waals surface area contributed by atoms with Crippen LogP contribution in [0.2, 0.25) is 0 Å². The number of amides is 1. The number of pyridine rings is 1. The first kappa shape index (κ1) is 21.0. The third-order valence-corrected chi connectivity index (χ3v) is 5.42. The molecule has 156 valence electrons. The Balaban J connectivity index is 1.43. The van der Waals surface area contributed by atoms with E-state index in [1.165, 1.54) is 17.4 Å². The molecule has 1 unspecified atom stereocenters. The van der Waals surface area contributed by atoms with E-state index in [-0.39, 0.29) is 17.8 Å². The summed E-state index contributed by atoms with van der Waals surface area (Å²) in [6.07, 6.45) is 3.25. The van der Waals surface area contributed by atoms with Crippen LogP contribution in [0.5, 0.6) is 0 Å². The van der Waals surface area contributed by atoms with Crippen molar-refractivity contribution in [3.63, 3.8) is 0 Å². The Bertz CT molecular complexity index is 813. The Morgan fingerprint density at radius 3 is 3.03 bits per heavy atom. The van der Waals surface area contributed by atoms with Gasteiger partial charge >= 0.3 is 0 Å². The van der Waals surface area contributed by atoms with Gasteiger partial charge in [0.05, 0.1) is 4.88 Å². The van der Waals surface area contributed by atoms with Gasteiger partial charge in [-0.2, -0.15) is 0 Å². The highest BCUT2D eigenvalue weighted by molar-refractivity contribution is 7.12. The van der Waals surface area contributed by atoms with Gasteiger partial charge in [-0.3, -0.25) is 9.79 Å². The molecule has 29 heavy (non-hydrogen) atoms. The molecule has 1 saturated heterocycles. The van der Waals surface area contributed by atoms with Crippen molar-refractivity contribution in [1.82, 2.24) is 20.9 Å². The van der Waals surface area contributed by atoms with Gasteiger partial charge < -0.3 is 20.9 Å². The van der Waals surface area contributed by atoms with Crippen molar-refractivity contribution < 1.29 is 9.18 Å². The monoisotopic (exact) mass is 418 g/mol. The van der Waals surface area contributed by atoms with Gasteiger partial charge in [-0.1, -0.05) is 6.07 Å². The quantitative estimate of drug-likeness (QED) is 0.348. The molecule has 0 aromatic carbocycles. The third-order valence-electron chi connectivity index (χ3n) is 4.55. The van der Waals surface area contributed by atoms with Crippen molar-refractivity contribution in [3.8, 4) is 0 Å². The van der Waals surface area contributed by atoms with Crippen molar-refractivity contribution in [2.24, 2.45) is 4.99 Å². The van der Waals surface area contributed by atoms with E-state index in [1.807, 2.05) is 29.3 Å². The van der Waals surface area contributed by atoms with Crippen LogP contribution in [0.1, 0.15) is 29.4 Å². The average molecular weight is 419 g/mol. The van der Waals surface area contributed by atoms with Crippen LogP contribution in [-0.4, -0.2) is 55.6 Å². The fraction of sp³-hybridized carbons (Fsp3) is 0.450. The highest BCUT2D eigenvalue weighted by Gasteiger charge is 2.25. The largest absolute Gasteiger partial charge is 0.357 e. The molecule has 0 spiro atoms. The van der Waals surface area contributed by atoms with E-state index >= 15 is 0 Å². The SMILES string of the molecule is CCNC(=NCCCNC(=O)c1cccs1)NC1CCN(c2ncccc2F)C1. The van der Waals surface area contributed by atoms with Gasteiger partial charge in [0, 0.05) is 45.0 Å². The minimum Gasteiger partial charge on any atom is -0.357 e. The fourth-order valence-corrected chi connectivity index (χ4v) is 3.80. The summed E-state index contributed by atoms with van der Waals surface area (Å²) in [4.78, 5) is 23.3. The molecule has 1 amide bonds. The van der Waals surface area contributed by atoms with E-state index in [0.717, 1.165) is 36.8 Å². The van der Waals surface area contributed by atoms with Crippen LogP contribution >= 0.6 is 11.3 Å². The zero-order chi connectivity index (χ0) is 20.5. The van der Waals surface area contributed by atoms with Crippen molar-refractivity contribution in [3.05, 3.63) is 46.5 Å². The summed E-state index contributed by atoms with van der Waals surface area (Å²) in [5, 5.41) is 11.5. The molecule has 2 aromatic rings. The van der Waals surface area contributed by atoms with Crippen molar-refractivity contribution in [2.45, 2.75) is 25.8 Å². The predicted octanol–water partition coefficient (Wildman–Crippen LogP) is 2.24. The molecule has 1 aliphatic rings. The number of anilines is 1. The van der Waals surface area contributed by atoms with E-state index in [4.69, 9.17) is 0 Å². The number of carbonyl (C=O) groups is 1. The van der Waals surface area contributed by atoms with Crippen LogP contribution in [0.15, 0.2) is 40.8 Å². The molecule has 3 heterocycles. The Morgan fingerprint density at radius 2 is 2.28 bits per heavy atom. The molecule has 1 fully saturated rings. The van der Waals surface area contributed by atoms with Crippen LogP contribution in [0.4, 0.5) is 10.2 Å². The molecule has 3 N–H and O–H groups in total. The molecule has 1 atom stereocenters. The van der Waals surface area contributed by atoms with Gasteiger partial charge in [-0.05, 0) is 43.3 Å². The van der Waals surface area contributed by atoms with Gasteiger partial charge in [0.1, 0.15) is 0 Å². The lowest BCUT2D eigenvalue weighted by molar-refractivity contribution is 0.0957.